The molecule has 0 spiro atoms. The zero-order valence-electron chi connectivity index (χ0n) is 8.40. The first kappa shape index (κ1) is 10.2. The minimum absolute atomic E-state index is 0.0937. The van der Waals surface area contributed by atoms with Crippen LogP contribution in [-0.2, 0) is 0 Å². The van der Waals surface area contributed by atoms with Crippen molar-refractivity contribution in [3.05, 3.63) is 30.1 Å². The molecule has 0 saturated heterocycles. The van der Waals surface area contributed by atoms with Crippen LogP contribution in [0.15, 0.2) is 24.4 Å². The molecule has 0 amide bonds. The van der Waals surface area contributed by atoms with Gasteiger partial charge in [0.1, 0.15) is 0 Å². The fourth-order valence-corrected chi connectivity index (χ4v) is 1.61. The smallest absolute Gasteiger partial charge is 0.0573 e. The van der Waals surface area contributed by atoms with Crippen LogP contribution in [0, 0.1) is 5.92 Å². The van der Waals surface area contributed by atoms with Crippen molar-refractivity contribution in [1.82, 2.24) is 4.98 Å². The fraction of sp³-hybridized carbons (Fsp3) is 0.545. The maximum absolute atomic E-state index is 6.10. The highest BCUT2D eigenvalue weighted by atomic mass is 14.8. The normalized spacial score (nSPS) is 13.2. The predicted octanol–water partition coefficient (Wildman–Crippen LogP) is 2.52. The SMILES string of the molecule is CCC(CC)C(N)c1ccccn1. The third kappa shape index (κ3) is 2.52. The Balaban J connectivity index is 2.72. The first-order valence-electron chi connectivity index (χ1n) is 4.96. The quantitative estimate of drug-likeness (QED) is 0.769. The second-order valence-corrected chi connectivity index (χ2v) is 3.36. The fourth-order valence-electron chi connectivity index (χ4n) is 1.61. The Morgan fingerprint density at radius 1 is 1.31 bits per heavy atom. The van der Waals surface area contributed by atoms with Crippen molar-refractivity contribution in [1.29, 1.82) is 0 Å². The lowest BCUT2D eigenvalue weighted by molar-refractivity contribution is 0.399. The van der Waals surface area contributed by atoms with Crippen LogP contribution in [0.4, 0.5) is 0 Å². The second-order valence-electron chi connectivity index (χ2n) is 3.36. The molecule has 0 aromatic carbocycles. The highest BCUT2D eigenvalue weighted by molar-refractivity contribution is 5.08. The van der Waals surface area contributed by atoms with Gasteiger partial charge in [-0.05, 0) is 18.1 Å². The second kappa shape index (κ2) is 4.97. The number of aromatic nitrogens is 1. The molecule has 2 heteroatoms. The molecule has 1 atom stereocenters. The van der Waals surface area contributed by atoms with Gasteiger partial charge >= 0.3 is 0 Å². The van der Waals surface area contributed by atoms with E-state index in [1.807, 2.05) is 18.2 Å². The van der Waals surface area contributed by atoms with Crippen molar-refractivity contribution in [3.8, 4) is 0 Å². The van der Waals surface area contributed by atoms with Gasteiger partial charge in [0.25, 0.3) is 0 Å². The topological polar surface area (TPSA) is 38.9 Å². The van der Waals surface area contributed by atoms with Crippen LogP contribution in [0.3, 0.4) is 0 Å². The summed E-state index contributed by atoms with van der Waals surface area (Å²) in [4.78, 5) is 4.27. The summed E-state index contributed by atoms with van der Waals surface area (Å²) in [5, 5.41) is 0. The van der Waals surface area contributed by atoms with Gasteiger partial charge in [0, 0.05) is 12.2 Å². The van der Waals surface area contributed by atoms with E-state index < -0.39 is 0 Å². The summed E-state index contributed by atoms with van der Waals surface area (Å²) in [6, 6.07) is 6.01. The Morgan fingerprint density at radius 2 is 2.00 bits per heavy atom. The van der Waals surface area contributed by atoms with Crippen molar-refractivity contribution < 1.29 is 0 Å². The molecule has 1 unspecified atom stereocenters. The highest BCUT2D eigenvalue weighted by Crippen LogP contribution is 2.22. The van der Waals surface area contributed by atoms with E-state index in [2.05, 4.69) is 18.8 Å². The lowest BCUT2D eigenvalue weighted by atomic mass is 9.92. The van der Waals surface area contributed by atoms with Crippen LogP contribution in [0.2, 0.25) is 0 Å². The Kier molecular flexibility index (Phi) is 3.90. The van der Waals surface area contributed by atoms with Gasteiger partial charge in [-0.1, -0.05) is 32.8 Å². The molecular formula is C11H18N2. The van der Waals surface area contributed by atoms with Gasteiger partial charge in [-0.2, -0.15) is 0 Å². The molecule has 0 aliphatic rings. The van der Waals surface area contributed by atoms with Gasteiger partial charge in [-0.25, -0.2) is 0 Å². The van der Waals surface area contributed by atoms with Gasteiger partial charge in [-0.15, -0.1) is 0 Å². The largest absolute Gasteiger partial charge is 0.322 e. The standard InChI is InChI=1S/C11H18N2/c1-3-9(4-2)11(12)10-7-5-6-8-13-10/h5-9,11H,3-4,12H2,1-2H3. The van der Waals surface area contributed by atoms with Gasteiger partial charge < -0.3 is 5.73 Å². The minimum atomic E-state index is 0.0937. The van der Waals surface area contributed by atoms with Crippen LogP contribution in [0.1, 0.15) is 38.4 Å². The predicted molar refractivity (Wildman–Crippen MR) is 55.2 cm³/mol. The Morgan fingerprint density at radius 3 is 2.46 bits per heavy atom. The summed E-state index contributed by atoms with van der Waals surface area (Å²) >= 11 is 0. The summed E-state index contributed by atoms with van der Waals surface area (Å²) in [6.45, 7) is 4.36. The van der Waals surface area contributed by atoms with Crippen molar-refractivity contribution >= 4 is 0 Å². The molecule has 1 rings (SSSR count). The summed E-state index contributed by atoms with van der Waals surface area (Å²) in [5.41, 5.74) is 7.11. The number of pyridine rings is 1. The number of rotatable bonds is 4. The van der Waals surface area contributed by atoms with Crippen LogP contribution in [-0.4, -0.2) is 4.98 Å². The van der Waals surface area contributed by atoms with E-state index >= 15 is 0 Å². The molecule has 0 aliphatic heterocycles. The third-order valence-corrected chi connectivity index (χ3v) is 2.59. The number of nitrogens with zero attached hydrogens (tertiary/aromatic N) is 1. The molecule has 1 aromatic rings. The van der Waals surface area contributed by atoms with E-state index in [1.54, 1.807) is 6.20 Å². The lowest BCUT2D eigenvalue weighted by Gasteiger charge is -2.20. The summed E-state index contributed by atoms with van der Waals surface area (Å²) in [6.07, 6.45) is 4.04. The lowest BCUT2D eigenvalue weighted by Crippen LogP contribution is -2.21. The molecule has 0 bridgehead atoms. The van der Waals surface area contributed by atoms with Crippen LogP contribution in [0.25, 0.3) is 0 Å². The Hall–Kier alpha value is -0.890. The van der Waals surface area contributed by atoms with Gasteiger partial charge in [0.2, 0.25) is 0 Å². The summed E-state index contributed by atoms with van der Waals surface area (Å²) < 4.78 is 0. The van der Waals surface area contributed by atoms with Crippen LogP contribution < -0.4 is 5.73 Å². The van der Waals surface area contributed by atoms with E-state index in [4.69, 9.17) is 5.73 Å². The van der Waals surface area contributed by atoms with Gasteiger partial charge in [0.15, 0.2) is 0 Å². The zero-order chi connectivity index (χ0) is 9.68. The molecular weight excluding hydrogens is 160 g/mol. The maximum Gasteiger partial charge on any atom is 0.0573 e. The number of hydrogen-bond donors (Lipinski definition) is 1. The van der Waals surface area contributed by atoms with E-state index in [1.165, 1.54) is 0 Å². The van der Waals surface area contributed by atoms with E-state index in [0.717, 1.165) is 18.5 Å². The molecule has 1 heterocycles. The summed E-state index contributed by atoms with van der Waals surface area (Å²) in [7, 11) is 0. The molecule has 13 heavy (non-hydrogen) atoms. The molecule has 1 aromatic heterocycles. The van der Waals surface area contributed by atoms with Gasteiger partial charge in [0.05, 0.1) is 5.69 Å². The zero-order valence-corrected chi connectivity index (χ0v) is 8.40. The van der Waals surface area contributed by atoms with Crippen molar-refractivity contribution in [2.24, 2.45) is 11.7 Å². The van der Waals surface area contributed by atoms with Crippen LogP contribution in [0.5, 0.6) is 0 Å². The first-order chi connectivity index (χ1) is 6.29. The van der Waals surface area contributed by atoms with Crippen molar-refractivity contribution in [2.45, 2.75) is 32.7 Å². The first-order valence-corrected chi connectivity index (χ1v) is 4.96. The molecule has 2 nitrogen and oxygen atoms in total. The number of hydrogen-bond acceptors (Lipinski definition) is 2. The molecule has 2 N–H and O–H groups in total. The minimum Gasteiger partial charge on any atom is -0.322 e. The molecule has 72 valence electrons. The maximum atomic E-state index is 6.10. The van der Waals surface area contributed by atoms with Crippen molar-refractivity contribution in [3.63, 3.8) is 0 Å². The van der Waals surface area contributed by atoms with Gasteiger partial charge in [-0.3, -0.25) is 4.98 Å². The van der Waals surface area contributed by atoms with E-state index in [9.17, 15) is 0 Å². The molecule has 0 aliphatic carbocycles. The Bertz CT molecular complexity index is 229. The highest BCUT2D eigenvalue weighted by Gasteiger charge is 2.16. The molecule has 0 fully saturated rings. The monoisotopic (exact) mass is 178 g/mol. The molecule has 0 radical (unpaired) electrons. The average molecular weight is 178 g/mol. The van der Waals surface area contributed by atoms with E-state index in [-0.39, 0.29) is 6.04 Å². The molecule has 0 saturated carbocycles. The van der Waals surface area contributed by atoms with E-state index in [0.29, 0.717) is 5.92 Å². The Labute approximate surface area is 80.2 Å². The summed E-state index contributed by atoms with van der Waals surface area (Å²) in [5.74, 6) is 0.551. The number of nitrogens with two attached hydrogens (primary N) is 1. The van der Waals surface area contributed by atoms with Crippen LogP contribution >= 0.6 is 0 Å². The average Bonchev–Trinajstić information content (AvgIpc) is 2.21. The third-order valence-electron chi connectivity index (χ3n) is 2.59. The van der Waals surface area contributed by atoms with Crippen molar-refractivity contribution in [2.75, 3.05) is 0 Å².